The van der Waals surface area contributed by atoms with E-state index in [1.54, 1.807) is 6.92 Å². The normalized spacial score (nSPS) is 47.8. The molecule has 0 spiro atoms. The van der Waals surface area contributed by atoms with Crippen molar-refractivity contribution in [1.82, 2.24) is 0 Å². The smallest absolute Gasteiger partial charge is 0.187 e. The zero-order valence-corrected chi connectivity index (χ0v) is 20.5. The first-order valence-electron chi connectivity index (χ1n) is 12.3. The minimum atomic E-state index is -1.31. The van der Waals surface area contributed by atoms with E-state index >= 15 is 0 Å². The third kappa shape index (κ3) is 6.33. The van der Waals surface area contributed by atoms with E-state index in [2.05, 4.69) is 0 Å². The molecule has 15 heteroatoms. The average molecular weight is 526 g/mol. The van der Waals surface area contributed by atoms with E-state index in [4.69, 9.17) is 57.1 Å². The molecule has 3 rings (SSSR count). The predicted molar refractivity (Wildman–Crippen MR) is 124 cm³/mol. The number of ether oxygens (including phenoxy) is 6. The second-order valence-corrected chi connectivity index (χ2v) is 9.36. The van der Waals surface area contributed by atoms with Gasteiger partial charge in [0.25, 0.3) is 0 Å². The van der Waals surface area contributed by atoms with Crippen molar-refractivity contribution < 1.29 is 48.8 Å². The maximum absolute atomic E-state index is 10.9. The van der Waals surface area contributed by atoms with Crippen LogP contribution in [0.4, 0.5) is 0 Å². The Morgan fingerprint density at radius 2 is 1.42 bits per heavy atom. The van der Waals surface area contributed by atoms with Crippen LogP contribution in [0.15, 0.2) is 0 Å². The number of hydrogen-bond acceptors (Lipinski definition) is 15. The summed E-state index contributed by atoms with van der Waals surface area (Å²) in [6.45, 7) is 2.02. The van der Waals surface area contributed by atoms with Gasteiger partial charge in [-0.3, -0.25) is 0 Å². The first-order valence-corrected chi connectivity index (χ1v) is 12.3. The Hall–Kier alpha value is -0.600. The van der Waals surface area contributed by atoms with Crippen LogP contribution in [0.2, 0.25) is 0 Å². The van der Waals surface area contributed by atoms with Crippen molar-refractivity contribution in [2.45, 2.75) is 99.0 Å². The summed E-state index contributed by atoms with van der Waals surface area (Å²) in [5.74, 6) is 0. The van der Waals surface area contributed by atoms with Gasteiger partial charge in [0, 0.05) is 31.8 Å². The molecule has 0 aromatic heterocycles. The van der Waals surface area contributed by atoms with Crippen LogP contribution in [0.1, 0.15) is 13.3 Å². The van der Waals surface area contributed by atoms with Gasteiger partial charge in [-0.05, 0) is 13.3 Å². The third-order valence-electron chi connectivity index (χ3n) is 6.86. The first kappa shape index (κ1) is 29.9. The fourth-order valence-electron chi connectivity index (χ4n) is 4.94. The molecule has 0 radical (unpaired) electrons. The molecule has 3 fully saturated rings. The molecule has 2 heterocycles. The van der Waals surface area contributed by atoms with Gasteiger partial charge in [0.2, 0.25) is 0 Å². The Labute approximate surface area is 210 Å². The van der Waals surface area contributed by atoms with Crippen molar-refractivity contribution in [3.8, 4) is 0 Å². The Balaban J connectivity index is 1.77. The number of rotatable bonds is 11. The molecule has 0 bridgehead atoms. The van der Waals surface area contributed by atoms with Crippen LogP contribution in [-0.2, 0) is 28.4 Å². The van der Waals surface area contributed by atoms with E-state index in [0.29, 0.717) is 6.61 Å². The minimum absolute atomic E-state index is 0.0350. The molecule has 15 nitrogen and oxygen atoms in total. The van der Waals surface area contributed by atoms with Crippen molar-refractivity contribution in [2.24, 2.45) is 28.7 Å². The van der Waals surface area contributed by atoms with Crippen molar-refractivity contribution >= 4 is 0 Å². The largest absolute Gasteiger partial charge is 0.394 e. The van der Waals surface area contributed by atoms with Gasteiger partial charge in [0.05, 0.1) is 25.4 Å². The van der Waals surface area contributed by atoms with Crippen LogP contribution in [0.5, 0.6) is 0 Å². The molecule has 2 saturated heterocycles. The zero-order valence-electron chi connectivity index (χ0n) is 20.5. The highest BCUT2D eigenvalue weighted by molar-refractivity contribution is 5.01. The van der Waals surface area contributed by atoms with E-state index in [-0.39, 0.29) is 26.1 Å². The highest BCUT2D eigenvalue weighted by Crippen LogP contribution is 2.33. The summed E-state index contributed by atoms with van der Waals surface area (Å²) >= 11 is 0. The number of nitrogens with two attached hydrogens (primary N) is 5. The lowest BCUT2D eigenvalue weighted by Crippen LogP contribution is -2.68. The van der Waals surface area contributed by atoms with Crippen LogP contribution in [0, 0.1) is 0 Å². The summed E-state index contributed by atoms with van der Waals surface area (Å²) in [6, 6.07) is -2.50. The summed E-state index contributed by atoms with van der Waals surface area (Å²) < 4.78 is 34.7. The zero-order chi connectivity index (χ0) is 26.6. The lowest BCUT2D eigenvalue weighted by molar-refractivity contribution is -0.309. The van der Waals surface area contributed by atoms with Gasteiger partial charge in [-0.1, -0.05) is 0 Å². The molecule has 0 aromatic rings. The van der Waals surface area contributed by atoms with E-state index in [9.17, 15) is 20.4 Å². The molecule has 2 aliphatic heterocycles. The lowest BCUT2D eigenvalue weighted by atomic mass is 9.84. The van der Waals surface area contributed by atoms with Crippen LogP contribution in [0.3, 0.4) is 0 Å². The Kier molecular flexibility index (Phi) is 11.2. The van der Waals surface area contributed by atoms with Crippen LogP contribution >= 0.6 is 0 Å². The topological polar surface area (TPSA) is 266 Å². The number of aliphatic hydroxyl groups is 4. The number of aliphatic hydroxyl groups excluding tert-OH is 4. The summed E-state index contributed by atoms with van der Waals surface area (Å²) in [7, 11) is 0. The van der Waals surface area contributed by atoms with Crippen LogP contribution in [0.25, 0.3) is 0 Å². The number of hydrogen-bond donors (Lipinski definition) is 9. The molecule has 36 heavy (non-hydrogen) atoms. The molecule has 1 aliphatic carbocycles. The molecule has 14 atom stereocenters. The van der Waals surface area contributed by atoms with E-state index in [1.165, 1.54) is 0 Å². The van der Waals surface area contributed by atoms with Gasteiger partial charge < -0.3 is 77.5 Å². The van der Waals surface area contributed by atoms with Crippen molar-refractivity contribution in [3.63, 3.8) is 0 Å². The van der Waals surface area contributed by atoms with E-state index in [1.807, 2.05) is 0 Å². The van der Waals surface area contributed by atoms with Gasteiger partial charge in [0.1, 0.15) is 48.8 Å². The third-order valence-corrected chi connectivity index (χ3v) is 6.86. The summed E-state index contributed by atoms with van der Waals surface area (Å²) in [6.07, 6.45) is -11.4. The Morgan fingerprint density at radius 1 is 0.778 bits per heavy atom. The maximum Gasteiger partial charge on any atom is 0.187 e. The first-order chi connectivity index (χ1) is 17.2. The summed E-state index contributed by atoms with van der Waals surface area (Å²) in [5, 5.41) is 42.0. The van der Waals surface area contributed by atoms with Gasteiger partial charge in [0.15, 0.2) is 12.6 Å². The average Bonchev–Trinajstić information content (AvgIpc) is 3.16. The quantitative estimate of drug-likeness (QED) is 0.122. The Morgan fingerprint density at radius 3 is 2.03 bits per heavy atom. The molecule has 3 aliphatic rings. The van der Waals surface area contributed by atoms with E-state index in [0.717, 1.165) is 0 Å². The van der Waals surface area contributed by atoms with Gasteiger partial charge in [-0.2, -0.15) is 0 Å². The maximum atomic E-state index is 10.9. The summed E-state index contributed by atoms with van der Waals surface area (Å²) in [5.41, 5.74) is 29.9. The molecule has 0 amide bonds. The second-order valence-electron chi connectivity index (χ2n) is 9.36. The van der Waals surface area contributed by atoms with E-state index < -0.39 is 92.2 Å². The fourth-order valence-corrected chi connectivity index (χ4v) is 4.94. The lowest BCUT2D eigenvalue weighted by Gasteiger charge is -2.47. The summed E-state index contributed by atoms with van der Waals surface area (Å²) in [4.78, 5) is 0. The molecule has 0 aromatic carbocycles. The van der Waals surface area contributed by atoms with Gasteiger partial charge >= 0.3 is 0 Å². The SMILES string of the molecule is CCO[C@@H]1C(CN)O[C@H](O[C@@H]2C(N)C[C@@H](N)C(O)[C@H]2O[C@@H]2O[C@H](CO)[C@H](OCCN)C2O)[C@@H](N)C1O. The molecule has 212 valence electrons. The molecule has 14 N–H and O–H groups in total. The predicted octanol–water partition coefficient (Wildman–Crippen LogP) is -5.63. The van der Waals surface area contributed by atoms with Crippen LogP contribution in [-0.4, -0.2) is 139 Å². The van der Waals surface area contributed by atoms with Gasteiger partial charge in [-0.15, -0.1) is 0 Å². The highest BCUT2D eigenvalue weighted by Gasteiger charge is 2.52. The monoisotopic (exact) mass is 525 g/mol. The standard InChI is InChI=1S/C21H43N5O10/c1-2-31-17-10(6-23)33-20(12(26)14(17)29)35-16-9(25)5-8(24)13(28)19(16)36-21-15(30)18(32-4-3-22)11(7-27)34-21/h8-21,27-30H,2-7,22-26H2,1H3/t8-,9?,10?,11-,12+,13?,14?,15?,16-,17-,18+,19-,20-,21+/m1/s1. The van der Waals surface area contributed by atoms with Crippen molar-refractivity contribution in [3.05, 3.63) is 0 Å². The second kappa shape index (κ2) is 13.5. The Bertz CT molecular complexity index is 669. The molecule has 5 unspecified atom stereocenters. The molecular formula is C21H43N5O10. The van der Waals surface area contributed by atoms with Gasteiger partial charge in [-0.25, -0.2) is 0 Å². The molecular weight excluding hydrogens is 482 g/mol. The fraction of sp³-hybridized carbons (Fsp3) is 1.00. The van der Waals surface area contributed by atoms with Crippen molar-refractivity contribution in [2.75, 3.05) is 32.9 Å². The highest BCUT2D eigenvalue weighted by atomic mass is 16.7. The molecule has 1 saturated carbocycles. The van der Waals surface area contributed by atoms with Crippen LogP contribution < -0.4 is 28.7 Å². The van der Waals surface area contributed by atoms with Crippen molar-refractivity contribution in [1.29, 1.82) is 0 Å². The minimum Gasteiger partial charge on any atom is -0.394 e.